The Hall–Kier alpha value is -1.36. The molecule has 1 aliphatic rings. The van der Waals surface area contributed by atoms with Gasteiger partial charge in [-0.25, -0.2) is 0 Å². The van der Waals surface area contributed by atoms with E-state index in [9.17, 15) is 5.11 Å². The highest BCUT2D eigenvalue weighted by Crippen LogP contribution is 2.32. The van der Waals surface area contributed by atoms with Gasteiger partial charge in [-0.1, -0.05) is 35.9 Å². The molecule has 112 valence electrons. The molecule has 2 atom stereocenters. The van der Waals surface area contributed by atoms with Crippen molar-refractivity contribution in [1.82, 2.24) is 9.78 Å². The number of aryl methyl sites for hydroxylation is 2. The molecule has 1 aromatic carbocycles. The summed E-state index contributed by atoms with van der Waals surface area (Å²) in [6, 6.07) is 8.13. The molecule has 1 aromatic heterocycles. The number of nitrogens with zero attached hydrogens (tertiary/aromatic N) is 2. The molecule has 1 aliphatic heterocycles. The summed E-state index contributed by atoms with van der Waals surface area (Å²) in [4.78, 5) is 0. The Morgan fingerprint density at radius 3 is 2.95 bits per heavy atom. The van der Waals surface area contributed by atoms with Gasteiger partial charge in [0, 0.05) is 13.5 Å². The van der Waals surface area contributed by atoms with Gasteiger partial charge in [-0.05, 0) is 24.5 Å². The molecular formula is C16H19ClN2O2. The van der Waals surface area contributed by atoms with E-state index in [2.05, 4.69) is 11.2 Å². The summed E-state index contributed by atoms with van der Waals surface area (Å²) >= 11 is 6.26. The van der Waals surface area contributed by atoms with Gasteiger partial charge in [-0.15, -0.1) is 0 Å². The topological polar surface area (TPSA) is 47.3 Å². The summed E-state index contributed by atoms with van der Waals surface area (Å²) < 4.78 is 7.53. The lowest BCUT2D eigenvalue weighted by atomic mass is 9.93. The van der Waals surface area contributed by atoms with Gasteiger partial charge in [0.2, 0.25) is 0 Å². The van der Waals surface area contributed by atoms with E-state index in [1.54, 1.807) is 4.68 Å². The van der Waals surface area contributed by atoms with Crippen LogP contribution in [0, 0.1) is 6.92 Å². The third kappa shape index (κ3) is 2.71. The minimum atomic E-state index is -0.640. The van der Waals surface area contributed by atoms with Crippen LogP contribution in [0.25, 0.3) is 0 Å². The molecule has 5 heteroatoms. The molecule has 2 heterocycles. The van der Waals surface area contributed by atoms with Gasteiger partial charge < -0.3 is 9.84 Å². The van der Waals surface area contributed by atoms with Crippen molar-refractivity contribution in [2.75, 3.05) is 6.61 Å². The van der Waals surface area contributed by atoms with Crippen LogP contribution in [0.5, 0.6) is 0 Å². The van der Waals surface area contributed by atoms with Crippen LogP contribution < -0.4 is 0 Å². The second-order valence-electron chi connectivity index (χ2n) is 5.48. The van der Waals surface area contributed by atoms with Gasteiger partial charge in [0.05, 0.1) is 29.1 Å². The number of aliphatic hydroxyl groups is 1. The zero-order chi connectivity index (χ0) is 15.0. The summed E-state index contributed by atoms with van der Waals surface area (Å²) in [6.45, 7) is 2.50. The maximum Gasteiger partial charge on any atom is 0.109 e. The van der Waals surface area contributed by atoms with E-state index in [1.165, 1.54) is 5.56 Å². The van der Waals surface area contributed by atoms with E-state index >= 15 is 0 Å². The van der Waals surface area contributed by atoms with Gasteiger partial charge in [0.15, 0.2) is 0 Å². The molecule has 0 bridgehead atoms. The fraction of sp³-hybridized carbons (Fsp3) is 0.438. The normalized spacial score (nSPS) is 19.3. The predicted octanol–water partition coefficient (Wildman–Crippen LogP) is 2.60. The number of rotatable bonds is 3. The SMILES string of the molecule is Cc1nn(C)c(CC(O)C2OCCc3ccccc32)c1Cl. The average Bonchev–Trinajstić information content (AvgIpc) is 2.73. The first kappa shape index (κ1) is 14.6. The van der Waals surface area contributed by atoms with Crippen molar-refractivity contribution in [3.05, 3.63) is 51.8 Å². The van der Waals surface area contributed by atoms with Crippen LogP contribution in [0.4, 0.5) is 0 Å². The van der Waals surface area contributed by atoms with Crippen molar-refractivity contribution >= 4 is 11.6 Å². The van der Waals surface area contributed by atoms with Crippen LogP contribution in [0.15, 0.2) is 24.3 Å². The first-order chi connectivity index (χ1) is 10.1. The largest absolute Gasteiger partial charge is 0.390 e. The highest BCUT2D eigenvalue weighted by atomic mass is 35.5. The molecule has 0 radical (unpaired) electrons. The van der Waals surface area contributed by atoms with Crippen LogP contribution in [-0.2, 0) is 24.6 Å². The Morgan fingerprint density at radius 1 is 1.48 bits per heavy atom. The molecule has 0 amide bonds. The van der Waals surface area contributed by atoms with E-state index in [0.717, 1.165) is 23.4 Å². The van der Waals surface area contributed by atoms with Gasteiger partial charge in [0.1, 0.15) is 6.10 Å². The second kappa shape index (κ2) is 5.79. The smallest absolute Gasteiger partial charge is 0.109 e. The molecule has 2 aromatic rings. The van der Waals surface area contributed by atoms with Crippen LogP contribution in [-0.4, -0.2) is 27.6 Å². The molecule has 4 nitrogen and oxygen atoms in total. The predicted molar refractivity (Wildman–Crippen MR) is 81.5 cm³/mol. The number of hydrogen-bond acceptors (Lipinski definition) is 3. The van der Waals surface area contributed by atoms with Crippen molar-refractivity contribution in [2.24, 2.45) is 7.05 Å². The standard InChI is InChI=1S/C16H19ClN2O2/c1-10-15(17)13(19(2)18-10)9-14(20)16-12-6-4-3-5-11(12)7-8-21-16/h3-6,14,16,20H,7-9H2,1-2H3. The van der Waals surface area contributed by atoms with Gasteiger partial charge in [0.25, 0.3) is 0 Å². The number of aromatic nitrogens is 2. The Bertz CT molecular complexity index is 654. The van der Waals surface area contributed by atoms with E-state index in [4.69, 9.17) is 16.3 Å². The molecule has 3 rings (SSSR count). The highest BCUT2D eigenvalue weighted by molar-refractivity contribution is 6.31. The molecule has 0 saturated heterocycles. The zero-order valence-corrected chi connectivity index (χ0v) is 13.0. The maximum absolute atomic E-state index is 10.6. The second-order valence-corrected chi connectivity index (χ2v) is 5.86. The van der Waals surface area contributed by atoms with Crippen molar-refractivity contribution in [2.45, 2.75) is 32.0 Å². The highest BCUT2D eigenvalue weighted by Gasteiger charge is 2.29. The Kier molecular flexibility index (Phi) is 4.02. The molecule has 2 unspecified atom stereocenters. The van der Waals surface area contributed by atoms with E-state index in [-0.39, 0.29) is 6.10 Å². The third-order valence-corrected chi connectivity index (χ3v) is 4.54. The minimum Gasteiger partial charge on any atom is -0.390 e. The quantitative estimate of drug-likeness (QED) is 0.948. The number of halogens is 1. The van der Waals surface area contributed by atoms with Crippen molar-refractivity contribution in [3.8, 4) is 0 Å². The summed E-state index contributed by atoms with van der Waals surface area (Å²) in [5, 5.41) is 15.5. The Balaban J connectivity index is 1.85. The number of aliphatic hydroxyl groups excluding tert-OH is 1. The van der Waals surface area contributed by atoms with E-state index < -0.39 is 6.10 Å². The number of benzene rings is 1. The van der Waals surface area contributed by atoms with Crippen LogP contribution >= 0.6 is 11.6 Å². The summed E-state index contributed by atoms with van der Waals surface area (Å²) in [5.74, 6) is 0. The van der Waals surface area contributed by atoms with Crippen LogP contribution in [0.1, 0.15) is 28.6 Å². The lowest BCUT2D eigenvalue weighted by Gasteiger charge is -2.29. The lowest BCUT2D eigenvalue weighted by molar-refractivity contribution is -0.0466. The molecule has 1 N–H and O–H groups in total. The number of fused-ring (bicyclic) bond motifs is 1. The first-order valence-electron chi connectivity index (χ1n) is 7.13. The monoisotopic (exact) mass is 306 g/mol. The van der Waals surface area contributed by atoms with Crippen molar-refractivity contribution in [3.63, 3.8) is 0 Å². The fourth-order valence-electron chi connectivity index (χ4n) is 2.95. The average molecular weight is 307 g/mol. The minimum absolute atomic E-state index is 0.304. The van der Waals surface area contributed by atoms with Crippen LogP contribution in [0.2, 0.25) is 5.02 Å². The van der Waals surface area contributed by atoms with Gasteiger partial charge in [-0.2, -0.15) is 5.10 Å². The summed E-state index contributed by atoms with van der Waals surface area (Å²) in [6.07, 6.45) is 0.375. The third-order valence-electron chi connectivity index (χ3n) is 4.04. The number of hydrogen-bond donors (Lipinski definition) is 1. The summed E-state index contributed by atoms with van der Waals surface area (Å²) in [5.41, 5.74) is 3.95. The van der Waals surface area contributed by atoms with Crippen molar-refractivity contribution in [1.29, 1.82) is 0 Å². The van der Waals surface area contributed by atoms with Gasteiger partial charge in [-0.3, -0.25) is 4.68 Å². The molecule has 0 spiro atoms. The lowest BCUT2D eigenvalue weighted by Crippen LogP contribution is -2.29. The first-order valence-corrected chi connectivity index (χ1v) is 7.51. The zero-order valence-electron chi connectivity index (χ0n) is 12.2. The van der Waals surface area contributed by atoms with Crippen molar-refractivity contribution < 1.29 is 9.84 Å². The van der Waals surface area contributed by atoms with E-state index in [1.807, 2.05) is 32.2 Å². The molecule has 0 fully saturated rings. The molecule has 0 aliphatic carbocycles. The Labute approximate surface area is 129 Å². The number of ether oxygens (including phenoxy) is 1. The summed E-state index contributed by atoms with van der Waals surface area (Å²) in [7, 11) is 1.84. The van der Waals surface area contributed by atoms with Crippen LogP contribution in [0.3, 0.4) is 0 Å². The molecule has 21 heavy (non-hydrogen) atoms. The molecular weight excluding hydrogens is 288 g/mol. The van der Waals surface area contributed by atoms with Gasteiger partial charge >= 0.3 is 0 Å². The molecule has 0 saturated carbocycles. The fourth-order valence-corrected chi connectivity index (χ4v) is 3.19. The Morgan fingerprint density at radius 2 is 2.24 bits per heavy atom. The van der Waals surface area contributed by atoms with E-state index in [0.29, 0.717) is 18.1 Å². The maximum atomic E-state index is 10.6.